The predicted molar refractivity (Wildman–Crippen MR) is 167 cm³/mol. The van der Waals surface area contributed by atoms with Gasteiger partial charge in [-0.1, -0.05) is 93.4 Å². The van der Waals surface area contributed by atoms with Gasteiger partial charge in [0.2, 0.25) is 5.91 Å². The van der Waals surface area contributed by atoms with E-state index in [0.717, 1.165) is 22.0 Å². The minimum Gasteiger partial charge on any atom is -0.483 e. The van der Waals surface area contributed by atoms with Crippen LogP contribution >= 0.6 is 39.1 Å². The number of amides is 2. The maximum atomic E-state index is 13.9. The Bertz CT molecular complexity index is 1290. The smallest absolute Gasteiger partial charge is 0.261 e. The molecule has 3 aromatic rings. The fraction of sp³-hybridized carbons (Fsp3) is 0.375. The second-order valence-corrected chi connectivity index (χ2v) is 12.6. The number of hydrogen-bond donors (Lipinski definition) is 1. The summed E-state index contributed by atoms with van der Waals surface area (Å²) in [4.78, 5) is 29.1. The Kier molecular flexibility index (Phi) is 11.5. The lowest BCUT2D eigenvalue weighted by molar-refractivity contribution is -0.143. The van der Waals surface area contributed by atoms with Crippen molar-refractivity contribution in [3.05, 3.63) is 97.9 Å². The highest BCUT2D eigenvalue weighted by Gasteiger charge is 2.32. The molecule has 2 unspecified atom stereocenters. The van der Waals surface area contributed by atoms with Crippen molar-refractivity contribution >= 4 is 50.9 Å². The fourth-order valence-corrected chi connectivity index (χ4v) is 5.17. The van der Waals surface area contributed by atoms with E-state index < -0.39 is 6.04 Å². The summed E-state index contributed by atoms with van der Waals surface area (Å²) in [6, 6.07) is 19.8. The lowest BCUT2D eigenvalue weighted by Crippen LogP contribution is -2.53. The van der Waals surface area contributed by atoms with Gasteiger partial charge in [0.25, 0.3) is 5.91 Å². The first-order valence-electron chi connectivity index (χ1n) is 13.4. The van der Waals surface area contributed by atoms with Gasteiger partial charge in [-0.05, 0) is 70.1 Å². The van der Waals surface area contributed by atoms with Crippen molar-refractivity contribution in [3.63, 3.8) is 0 Å². The van der Waals surface area contributed by atoms with Gasteiger partial charge in [0.1, 0.15) is 11.8 Å². The average Bonchev–Trinajstić information content (AvgIpc) is 2.91. The van der Waals surface area contributed by atoms with Gasteiger partial charge in [-0.15, -0.1) is 0 Å². The first-order valence-corrected chi connectivity index (χ1v) is 14.9. The van der Waals surface area contributed by atoms with Crippen LogP contribution in [0.5, 0.6) is 5.75 Å². The molecule has 0 bridgehead atoms. The van der Waals surface area contributed by atoms with Crippen molar-refractivity contribution in [2.75, 3.05) is 6.61 Å². The van der Waals surface area contributed by atoms with Crippen LogP contribution in [-0.2, 0) is 28.0 Å². The summed E-state index contributed by atoms with van der Waals surface area (Å²) in [5.41, 5.74) is 2.61. The summed E-state index contributed by atoms with van der Waals surface area (Å²) < 4.78 is 6.75. The van der Waals surface area contributed by atoms with E-state index in [1.165, 1.54) is 4.90 Å². The Labute approximate surface area is 256 Å². The molecule has 2 amide bonds. The first-order chi connectivity index (χ1) is 18.9. The summed E-state index contributed by atoms with van der Waals surface area (Å²) in [7, 11) is 0. The second kappa shape index (κ2) is 14.4. The molecule has 40 heavy (non-hydrogen) atoms. The molecule has 3 rings (SSSR count). The third-order valence-corrected chi connectivity index (χ3v) is 8.14. The van der Waals surface area contributed by atoms with Gasteiger partial charge in [0, 0.05) is 34.6 Å². The number of nitrogens with one attached hydrogen (secondary N) is 1. The molecule has 0 aromatic heterocycles. The molecule has 0 saturated heterocycles. The van der Waals surface area contributed by atoms with E-state index in [9.17, 15) is 9.59 Å². The average molecular weight is 648 g/mol. The summed E-state index contributed by atoms with van der Waals surface area (Å²) >= 11 is 16.6. The molecule has 1 N–H and O–H groups in total. The van der Waals surface area contributed by atoms with Crippen molar-refractivity contribution < 1.29 is 14.3 Å². The van der Waals surface area contributed by atoms with Crippen LogP contribution < -0.4 is 10.1 Å². The number of ether oxygens (including phenoxy) is 1. The third kappa shape index (κ3) is 8.73. The summed E-state index contributed by atoms with van der Waals surface area (Å²) in [5.74, 6) is -0.0609. The summed E-state index contributed by atoms with van der Waals surface area (Å²) in [6.45, 7) is 10.1. The topological polar surface area (TPSA) is 58.6 Å². The number of rotatable bonds is 11. The number of carbonyl (C=O) groups is 2. The summed E-state index contributed by atoms with van der Waals surface area (Å²) in [5, 5.41) is 3.90. The lowest BCUT2D eigenvalue weighted by atomic mass is 9.87. The minimum atomic E-state index is -0.813. The Hall–Kier alpha value is -2.54. The van der Waals surface area contributed by atoms with Gasteiger partial charge in [-0.3, -0.25) is 9.59 Å². The first kappa shape index (κ1) is 32.0. The van der Waals surface area contributed by atoms with Gasteiger partial charge in [0.05, 0.1) is 4.47 Å². The second-order valence-electron chi connectivity index (χ2n) is 10.9. The normalized spacial score (nSPS) is 12.9. The van der Waals surface area contributed by atoms with Crippen LogP contribution in [0.2, 0.25) is 10.0 Å². The van der Waals surface area contributed by atoms with E-state index in [0.29, 0.717) is 27.8 Å². The van der Waals surface area contributed by atoms with E-state index in [2.05, 4.69) is 42.0 Å². The van der Waals surface area contributed by atoms with E-state index in [4.69, 9.17) is 27.9 Å². The molecule has 5 nitrogen and oxygen atoms in total. The molecule has 0 heterocycles. The van der Waals surface area contributed by atoms with E-state index >= 15 is 0 Å². The molecule has 3 aromatic carbocycles. The number of benzene rings is 3. The van der Waals surface area contributed by atoms with Crippen LogP contribution in [0.25, 0.3) is 0 Å². The number of halogens is 3. The zero-order chi connectivity index (χ0) is 29.4. The Morgan fingerprint density at radius 2 is 1.65 bits per heavy atom. The van der Waals surface area contributed by atoms with E-state index in [-0.39, 0.29) is 36.4 Å². The molecule has 214 valence electrons. The van der Waals surface area contributed by atoms with Crippen molar-refractivity contribution in [2.45, 2.75) is 71.5 Å². The molecule has 0 fully saturated rings. The highest BCUT2D eigenvalue weighted by atomic mass is 79.9. The highest BCUT2D eigenvalue weighted by Crippen LogP contribution is 2.32. The van der Waals surface area contributed by atoms with Crippen LogP contribution in [-0.4, -0.2) is 35.4 Å². The van der Waals surface area contributed by atoms with Gasteiger partial charge in [-0.2, -0.15) is 0 Å². The van der Waals surface area contributed by atoms with Gasteiger partial charge < -0.3 is 15.0 Å². The highest BCUT2D eigenvalue weighted by molar-refractivity contribution is 9.10. The summed E-state index contributed by atoms with van der Waals surface area (Å²) in [6.07, 6.45) is 1.08. The maximum absolute atomic E-state index is 13.9. The third-order valence-electron chi connectivity index (χ3n) is 6.81. The van der Waals surface area contributed by atoms with Crippen LogP contribution in [0.3, 0.4) is 0 Å². The molecule has 2 atom stereocenters. The van der Waals surface area contributed by atoms with Crippen molar-refractivity contribution in [2.24, 2.45) is 0 Å². The fourth-order valence-electron chi connectivity index (χ4n) is 4.16. The van der Waals surface area contributed by atoms with Crippen molar-refractivity contribution in [3.8, 4) is 5.75 Å². The zero-order valence-corrected chi connectivity index (χ0v) is 26.7. The van der Waals surface area contributed by atoms with Crippen LogP contribution in [0, 0.1) is 0 Å². The molecule has 0 aliphatic heterocycles. The molecule has 0 aliphatic rings. The number of carbonyl (C=O) groups excluding carboxylic acids is 2. The largest absolute Gasteiger partial charge is 0.483 e. The molecular formula is C32H37BrCl2N2O3. The Morgan fingerprint density at radius 3 is 2.23 bits per heavy atom. The SMILES string of the molecule is CCC(C)NC(=O)C(Cc1ccccc1)N(Cc1c(Cl)cccc1Cl)C(=O)COc1ccc(C(C)(C)C)cc1Br. The molecule has 0 spiro atoms. The maximum Gasteiger partial charge on any atom is 0.261 e. The lowest BCUT2D eigenvalue weighted by Gasteiger charge is -2.32. The monoisotopic (exact) mass is 646 g/mol. The Morgan fingerprint density at radius 1 is 1.00 bits per heavy atom. The molecular weight excluding hydrogens is 611 g/mol. The molecule has 0 saturated carbocycles. The molecule has 0 aliphatic carbocycles. The quantitative estimate of drug-likeness (QED) is 0.230. The van der Waals surface area contributed by atoms with Crippen LogP contribution in [0.1, 0.15) is 57.7 Å². The van der Waals surface area contributed by atoms with Gasteiger partial charge in [0.15, 0.2) is 6.61 Å². The van der Waals surface area contributed by atoms with Gasteiger partial charge in [-0.25, -0.2) is 0 Å². The van der Waals surface area contributed by atoms with Crippen LogP contribution in [0.15, 0.2) is 71.2 Å². The Balaban J connectivity index is 1.96. The molecule has 0 radical (unpaired) electrons. The van der Waals surface area contributed by atoms with Crippen molar-refractivity contribution in [1.82, 2.24) is 10.2 Å². The number of nitrogens with zero attached hydrogens (tertiary/aromatic N) is 1. The van der Waals surface area contributed by atoms with E-state index in [1.54, 1.807) is 18.2 Å². The van der Waals surface area contributed by atoms with Gasteiger partial charge >= 0.3 is 0 Å². The zero-order valence-electron chi connectivity index (χ0n) is 23.6. The predicted octanol–water partition coefficient (Wildman–Crippen LogP) is 7.99. The standard InChI is InChI=1S/C32H37BrCl2N2O3/c1-6-21(2)36-31(39)28(17-22-11-8-7-9-12-22)37(19-24-26(34)13-10-14-27(24)35)30(38)20-40-29-16-15-23(18-25(29)33)32(3,4)5/h7-16,18,21,28H,6,17,19-20H2,1-5H3,(H,36,39). The number of hydrogen-bond acceptors (Lipinski definition) is 3. The van der Waals surface area contributed by atoms with E-state index in [1.807, 2.05) is 62.4 Å². The minimum absolute atomic E-state index is 0.0322. The molecule has 8 heteroatoms. The van der Waals surface area contributed by atoms with Crippen LogP contribution in [0.4, 0.5) is 0 Å². The van der Waals surface area contributed by atoms with Crippen molar-refractivity contribution in [1.29, 1.82) is 0 Å².